The molecule has 118 valence electrons. The fraction of sp³-hybridized carbons (Fsp3) is 0.667. The van der Waals surface area contributed by atoms with E-state index in [1.54, 1.807) is 0 Å². The van der Waals surface area contributed by atoms with Crippen LogP contribution in [0.1, 0.15) is 39.2 Å². The second-order valence-electron chi connectivity index (χ2n) is 6.27. The van der Waals surface area contributed by atoms with E-state index < -0.39 is 0 Å². The molecule has 0 saturated carbocycles. The van der Waals surface area contributed by atoms with Crippen LogP contribution >= 0.6 is 0 Å². The maximum Gasteiger partial charge on any atom is 0.119 e. The van der Waals surface area contributed by atoms with Gasteiger partial charge in [0.1, 0.15) is 12.4 Å². The van der Waals surface area contributed by atoms with Gasteiger partial charge < -0.3 is 10.1 Å². The summed E-state index contributed by atoms with van der Waals surface area (Å²) in [5.74, 6) is 1.74. The number of nitrogens with zero attached hydrogens (tertiary/aromatic N) is 1. The van der Waals surface area contributed by atoms with Crippen molar-refractivity contribution in [3.8, 4) is 5.75 Å². The lowest BCUT2D eigenvalue weighted by Gasteiger charge is -2.27. The van der Waals surface area contributed by atoms with Crippen LogP contribution in [0.3, 0.4) is 0 Å². The Hall–Kier alpha value is -1.06. The van der Waals surface area contributed by atoms with E-state index >= 15 is 0 Å². The Morgan fingerprint density at radius 2 is 2.24 bits per heavy atom. The molecule has 1 aliphatic heterocycles. The second-order valence-corrected chi connectivity index (χ2v) is 6.27. The van der Waals surface area contributed by atoms with Gasteiger partial charge in [-0.05, 0) is 49.5 Å². The molecule has 1 aromatic rings. The molecular formula is C18H30N2O. The summed E-state index contributed by atoms with van der Waals surface area (Å²) in [7, 11) is 0. The van der Waals surface area contributed by atoms with Crippen molar-refractivity contribution in [3.63, 3.8) is 0 Å². The van der Waals surface area contributed by atoms with Gasteiger partial charge in [-0.1, -0.05) is 32.9 Å². The van der Waals surface area contributed by atoms with Gasteiger partial charge in [0.2, 0.25) is 0 Å². The molecule has 1 aliphatic rings. The lowest BCUT2D eigenvalue weighted by molar-refractivity contribution is 0.168. The van der Waals surface area contributed by atoms with Crippen molar-refractivity contribution < 1.29 is 4.74 Å². The van der Waals surface area contributed by atoms with Crippen molar-refractivity contribution in [2.75, 3.05) is 26.2 Å². The number of nitrogens with one attached hydrogen (secondary N) is 1. The van der Waals surface area contributed by atoms with Crippen LogP contribution in [0.15, 0.2) is 24.3 Å². The van der Waals surface area contributed by atoms with E-state index in [1.807, 2.05) is 0 Å². The van der Waals surface area contributed by atoms with Gasteiger partial charge in [0.15, 0.2) is 0 Å². The van der Waals surface area contributed by atoms with Crippen molar-refractivity contribution in [1.29, 1.82) is 0 Å². The third kappa shape index (κ3) is 5.01. The van der Waals surface area contributed by atoms with E-state index in [4.69, 9.17) is 4.74 Å². The number of likely N-dealkylation sites (tertiary alicyclic amines) is 1. The minimum atomic E-state index is 0.744. The van der Waals surface area contributed by atoms with E-state index in [1.165, 1.54) is 24.9 Å². The summed E-state index contributed by atoms with van der Waals surface area (Å²) in [6.07, 6.45) is 2.68. The molecule has 3 nitrogen and oxygen atoms in total. The summed E-state index contributed by atoms with van der Waals surface area (Å²) in [4.78, 5) is 2.59. The first-order valence-electron chi connectivity index (χ1n) is 8.37. The van der Waals surface area contributed by atoms with Crippen LogP contribution in [0, 0.1) is 5.92 Å². The third-order valence-corrected chi connectivity index (χ3v) is 4.31. The van der Waals surface area contributed by atoms with Crippen LogP contribution in [0.25, 0.3) is 0 Å². The van der Waals surface area contributed by atoms with Crippen molar-refractivity contribution in [1.82, 2.24) is 10.2 Å². The first kappa shape index (κ1) is 16.3. The van der Waals surface area contributed by atoms with Crippen molar-refractivity contribution in [2.45, 2.75) is 46.2 Å². The molecule has 1 fully saturated rings. The monoisotopic (exact) mass is 290 g/mol. The number of rotatable bonds is 8. The molecule has 0 amide bonds. The number of hydrogen-bond donors (Lipinski definition) is 1. The summed E-state index contributed by atoms with van der Waals surface area (Å²) >= 11 is 0. The van der Waals surface area contributed by atoms with E-state index in [2.05, 4.69) is 55.3 Å². The molecule has 1 unspecified atom stereocenters. The summed E-state index contributed by atoms with van der Waals surface area (Å²) in [6, 6.07) is 9.17. The molecule has 1 heterocycles. The van der Waals surface area contributed by atoms with Crippen LogP contribution in [0.4, 0.5) is 0 Å². The Labute approximate surface area is 129 Å². The smallest absolute Gasteiger partial charge is 0.119 e. The van der Waals surface area contributed by atoms with E-state index in [-0.39, 0.29) is 0 Å². The van der Waals surface area contributed by atoms with E-state index in [0.29, 0.717) is 0 Å². The molecule has 1 atom stereocenters. The Balaban J connectivity index is 1.78. The lowest BCUT2D eigenvalue weighted by Crippen LogP contribution is -2.36. The average Bonchev–Trinajstić information content (AvgIpc) is 2.94. The van der Waals surface area contributed by atoms with E-state index in [9.17, 15) is 0 Å². The molecule has 0 spiro atoms. The molecular weight excluding hydrogens is 260 g/mol. The van der Waals surface area contributed by atoms with Gasteiger partial charge >= 0.3 is 0 Å². The summed E-state index contributed by atoms with van der Waals surface area (Å²) in [5, 5.41) is 3.35. The quantitative estimate of drug-likeness (QED) is 0.795. The topological polar surface area (TPSA) is 24.5 Å². The van der Waals surface area contributed by atoms with Crippen molar-refractivity contribution >= 4 is 0 Å². The normalized spacial score (nSPS) is 19.3. The zero-order valence-electron chi connectivity index (χ0n) is 13.8. The van der Waals surface area contributed by atoms with Gasteiger partial charge in [0.05, 0.1) is 0 Å². The Kier molecular flexibility index (Phi) is 6.52. The highest BCUT2D eigenvalue weighted by molar-refractivity contribution is 5.28. The van der Waals surface area contributed by atoms with Crippen LogP contribution in [-0.4, -0.2) is 37.2 Å². The van der Waals surface area contributed by atoms with Crippen LogP contribution < -0.4 is 10.1 Å². The largest absolute Gasteiger partial charge is 0.492 e. The SMILES string of the molecule is CCNCc1cccc(OCCN2CCCC2C(C)C)c1. The molecule has 1 N–H and O–H groups in total. The minimum absolute atomic E-state index is 0.744. The Morgan fingerprint density at radius 3 is 3.00 bits per heavy atom. The molecule has 0 bridgehead atoms. The lowest BCUT2D eigenvalue weighted by atomic mass is 10.0. The zero-order valence-corrected chi connectivity index (χ0v) is 13.8. The second kappa shape index (κ2) is 8.40. The molecule has 1 aromatic carbocycles. The van der Waals surface area contributed by atoms with Crippen molar-refractivity contribution in [2.24, 2.45) is 5.92 Å². The molecule has 0 aliphatic carbocycles. The zero-order chi connectivity index (χ0) is 15.1. The van der Waals surface area contributed by atoms with Crippen LogP contribution in [0.2, 0.25) is 0 Å². The molecule has 2 rings (SSSR count). The van der Waals surface area contributed by atoms with Gasteiger partial charge in [-0.3, -0.25) is 4.90 Å². The van der Waals surface area contributed by atoms with E-state index in [0.717, 1.165) is 44.0 Å². The van der Waals surface area contributed by atoms with Gasteiger partial charge in [0, 0.05) is 19.1 Å². The number of benzene rings is 1. The first-order chi connectivity index (χ1) is 10.2. The predicted octanol–water partition coefficient (Wildman–Crippen LogP) is 3.30. The maximum absolute atomic E-state index is 5.95. The third-order valence-electron chi connectivity index (χ3n) is 4.31. The Morgan fingerprint density at radius 1 is 1.38 bits per heavy atom. The highest BCUT2D eigenvalue weighted by atomic mass is 16.5. The van der Waals surface area contributed by atoms with Gasteiger partial charge in [-0.25, -0.2) is 0 Å². The summed E-state index contributed by atoms with van der Waals surface area (Å²) in [6.45, 7) is 11.7. The van der Waals surface area contributed by atoms with Crippen molar-refractivity contribution in [3.05, 3.63) is 29.8 Å². The fourth-order valence-corrected chi connectivity index (χ4v) is 3.18. The average molecular weight is 290 g/mol. The predicted molar refractivity (Wildman–Crippen MR) is 88.8 cm³/mol. The number of hydrogen-bond acceptors (Lipinski definition) is 3. The van der Waals surface area contributed by atoms with Gasteiger partial charge in [-0.2, -0.15) is 0 Å². The van der Waals surface area contributed by atoms with Gasteiger partial charge in [0.25, 0.3) is 0 Å². The molecule has 0 radical (unpaired) electrons. The summed E-state index contributed by atoms with van der Waals surface area (Å²) < 4.78 is 5.95. The standard InChI is InChI=1S/C18H30N2O/c1-4-19-14-16-7-5-8-17(13-16)21-12-11-20-10-6-9-18(20)15(2)3/h5,7-8,13,15,18-19H,4,6,9-12,14H2,1-3H3. The summed E-state index contributed by atoms with van der Waals surface area (Å²) in [5.41, 5.74) is 1.29. The fourth-order valence-electron chi connectivity index (χ4n) is 3.18. The van der Waals surface area contributed by atoms with Gasteiger partial charge in [-0.15, -0.1) is 0 Å². The maximum atomic E-state index is 5.95. The molecule has 3 heteroatoms. The molecule has 0 aromatic heterocycles. The Bertz CT molecular complexity index is 419. The molecule has 21 heavy (non-hydrogen) atoms. The first-order valence-corrected chi connectivity index (χ1v) is 8.37. The minimum Gasteiger partial charge on any atom is -0.492 e. The highest BCUT2D eigenvalue weighted by Crippen LogP contribution is 2.23. The molecule has 1 saturated heterocycles. The number of ether oxygens (including phenoxy) is 1. The highest BCUT2D eigenvalue weighted by Gasteiger charge is 2.26. The van der Waals surface area contributed by atoms with Crippen LogP contribution in [0.5, 0.6) is 5.75 Å². The van der Waals surface area contributed by atoms with Crippen LogP contribution in [-0.2, 0) is 6.54 Å².